The van der Waals surface area contributed by atoms with Crippen LogP contribution in [-0.4, -0.2) is 35.3 Å². The topological polar surface area (TPSA) is 49.4 Å². The second-order valence-electron chi connectivity index (χ2n) is 3.12. The van der Waals surface area contributed by atoms with Crippen molar-refractivity contribution >= 4 is 23.5 Å². The lowest BCUT2D eigenvalue weighted by Gasteiger charge is -2.21. The van der Waals surface area contributed by atoms with E-state index in [1.807, 2.05) is 13.8 Å². The molecular formula is C8H15ClN2O2. The molecule has 0 aromatic rings. The first-order chi connectivity index (χ1) is 5.86. The monoisotopic (exact) mass is 206 g/mol. The highest BCUT2D eigenvalue weighted by atomic mass is 35.5. The van der Waals surface area contributed by atoms with Gasteiger partial charge in [-0.05, 0) is 20.8 Å². The van der Waals surface area contributed by atoms with Crippen molar-refractivity contribution in [1.29, 1.82) is 0 Å². The van der Waals surface area contributed by atoms with Gasteiger partial charge >= 0.3 is 6.03 Å². The first-order valence-electron chi connectivity index (χ1n) is 4.08. The Kier molecular flexibility index (Phi) is 4.77. The van der Waals surface area contributed by atoms with Gasteiger partial charge in [0.1, 0.15) is 5.38 Å². The number of nitrogens with one attached hydrogen (secondary N) is 1. The largest absolute Gasteiger partial charge is 0.325 e. The van der Waals surface area contributed by atoms with E-state index in [1.165, 1.54) is 11.8 Å². The molecule has 0 fully saturated rings. The Morgan fingerprint density at radius 3 is 2.08 bits per heavy atom. The molecule has 0 radical (unpaired) electrons. The summed E-state index contributed by atoms with van der Waals surface area (Å²) in [5.41, 5.74) is 0. The van der Waals surface area contributed by atoms with Crippen LogP contribution in [0.1, 0.15) is 20.8 Å². The predicted molar refractivity (Wildman–Crippen MR) is 51.8 cm³/mol. The van der Waals surface area contributed by atoms with Gasteiger partial charge in [0.25, 0.3) is 0 Å². The van der Waals surface area contributed by atoms with E-state index in [4.69, 9.17) is 11.6 Å². The molecule has 1 atom stereocenters. The molecule has 0 aromatic carbocycles. The van der Waals surface area contributed by atoms with Crippen LogP contribution in [0.4, 0.5) is 4.79 Å². The third kappa shape index (κ3) is 4.12. The molecular weight excluding hydrogens is 192 g/mol. The van der Waals surface area contributed by atoms with Gasteiger partial charge in [-0.2, -0.15) is 0 Å². The Morgan fingerprint density at radius 2 is 1.77 bits per heavy atom. The molecule has 1 unspecified atom stereocenters. The summed E-state index contributed by atoms with van der Waals surface area (Å²) >= 11 is 5.47. The number of rotatable bonds is 2. The molecule has 3 amide bonds. The fourth-order valence-electron chi connectivity index (χ4n) is 0.528. The molecule has 0 aliphatic heterocycles. The summed E-state index contributed by atoms with van der Waals surface area (Å²) in [5, 5.41) is 1.49. The highest BCUT2D eigenvalue weighted by molar-refractivity contribution is 6.31. The van der Waals surface area contributed by atoms with Crippen molar-refractivity contribution in [1.82, 2.24) is 10.2 Å². The summed E-state index contributed by atoms with van der Waals surface area (Å²) in [4.78, 5) is 23.7. The van der Waals surface area contributed by atoms with Crippen molar-refractivity contribution in [3.05, 3.63) is 0 Å². The van der Waals surface area contributed by atoms with E-state index in [-0.39, 0.29) is 6.04 Å². The van der Waals surface area contributed by atoms with Gasteiger partial charge in [0, 0.05) is 13.1 Å². The smallest absolute Gasteiger partial charge is 0.324 e. The summed E-state index contributed by atoms with van der Waals surface area (Å²) in [6.07, 6.45) is 0. The molecule has 1 N–H and O–H groups in total. The van der Waals surface area contributed by atoms with Crippen LogP contribution in [0.25, 0.3) is 0 Å². The Balaban J connectivity index is 4.08. The normalized spacial score (nSPS) is 12.5. The third-order valence-corrected chi connectivity index (χ3v) is 1.88. The first-order valence-corrected chi connectivity index (χ1v) is 4.51. The molecule has 0 saturated heterocycles. The number of carbonyl (C=O) groups excluding carboxylic acids is 2. The van der Waals surface area contributed by atoms with Crippen molar-refractivity contribution in [3.63, 3.8) is 0 Å². The molecule has 5 heteroatoms. The lowest BCUT2D eigenvalue weighted by Crippen LogP contribution is -2.45. The van der Waals surface area contributed by atoms with Crippen molar-refractivity contribution in [3.8, 4) is 0 Å². The number of urea groups is 1. The summed E-state index contributed by atoms with van der Waals surface area (Å²) < 4.78 is 0. The lowest BCUT2D eigenvalue weighted by molar-refractivity contribution is -0.119. The SMILES string of the molecule is CC(Cl)C(=O)NC(=O)N(C)C(C)C. The number of amides is 3. The average Bonchev–Trinajstić information content (AvgIpc) is 2.02. The fraction of sp³-hybridized carbons (Fsp3) is 0.750. The maximum Gasteiger partial charge on any atom is 0.324 e. The van der Waals surface area contributed by atoms with Crippen LogP contribution in [0.2, 0.25) is 0 Å². The van der Waals surface area contributed by atoms with Crippen LogP contribution in [-0.2, 0) is 4.79 Å². The summed E-state index contributed by atoms with van der Waals surface area (Å²) in [7, 11) is 1.62. The maximum atomic E-state index is 11.2. The molecule has 0 aliphatic rings. The van der Waals surface area contributed by atoms with Crippen molar-refractivity contribution in [2.75, 3.05) is 7.05 Å². The summed E-state index contributed by atoms with van der Waals surface area (Å²) in [6.45, 7) is 5.22. The van der Waals surface area contributed by atoms with Crippen LogP contribution < -0.4 is 5.32 Å². The summed E-state index contributed by atoms with van der Waals surface area (Å²) in [5.74, 6) is -0.473. The van der Waals surface area contributed by atoms with Crippen LogP contribution in [0.5, 0.6) is 0 Å². The number of alkyl halides is 1. The summed E-state index contributed by atoms with van der Waals surface area (Å²) in [6, 6.07) is -0.370. The first kappa shape index (κ1) is 12.2. The van der Waals surface area contributed by atoms with Crippen LogP contribution in [0, 0.1) is 0 Å². The van der Waals surface area contributed by atoms with Crippen LogP contribution in [0.3, 0.4) is 0 Å². The molecule has 0 bridgehead atoms. The maximum absolute atomic E-state index is 11.2. The zero-order chi connectivity index (χ0) is 10.6. The average molecular weight is 207 g/mol. The Labute approximate surface area is 83.2 Å². The molecule has 0 heterocycles. The number of hydrogen-bond donors (Lipinski definition) is 1. The van der Waals surface area contributed by atoms with Gasteiger partial charge < -0.3 is 4.90 Å². The van der Waals surface area contributed by atoms with Gasteiger partial charge in [-0.15, -0.1) is 11.6 Å². The Bertz CT molecular complexity index is 204. The highest BCUT2D eigenvalue weighted by Crippen LogP contribution is 1.96. The van der Waals surface area contributed by atoms with E-state index in [9.17, 15) is 9.59 Å². The van der Waals surface area contributed by atoms with Gasteiger partial charge in [0.15, 0.2) is 0 Å². The molecule has 0 aromatic heterocycles. The predicted octanol–water partition coefficient (Wildman–Crippen LogP) is 1.19. The molecule has 13 heavy (non-hydrogen) atoms. The minimum Gasteiger partial charge on any atom is -0.325 e. The van der Waals surface area contributed by atoms with Crippen molar-refractivity contribution in [2.24, 2.45) is 0 Å². The zero-order valence-corrected chi connectivity index (χ0v) is 9.05. The number of nitrogens with zero attached hydrogens (tertiary/aromatic N) is 1. The van der Waals surface area contributed by atoms with Gasteiger partial charge in [-0.25, -0.2) is 4.79 Å². The number of imide groups is 1. The Morgan fingerprint density at radius 1 is 1.31 bits per heavy atom. The lowest BCUT2D eigenvalue weighted by atomic mass is 10.3. The number of carbonyl (C=O) groups is 2. The Hall–Kier alpha value is -0.770. The van der Waals surface area contributed by atoms with Gasteiger partial charge in [-0.3, -0.25) is 10.1 Å². The molecule has 0 rings (SSSR count). The fourth-order valence-corrected chi connectivity index (χ4v) is 0.582. The van der Waals surface area contributed by atoms with E-state index in [2.05, 4.69) is 5.32 Å². The molecule has 76 valence electrons. The van der Waals surface area contributed by atoms with Gasteiger partial charge in [-0.1, -0.05) is 0 Å². The van der Waals surface area contributed by atoms with Crippen LogP contribution in [0.15, 0.2) is 0 Å². The number of halogens is 1. The van der Waals surface area contributed by atoms with E-state index < -0.39 is 17.3 Å². The van der Waals surface area contributed by atoms with Gasteiger partial charge in [0.2, 0.25) is 5.91 Å². The van der Waals surface area contributed by atoms with E-state index in [1.54, 1.807) is 7.05 Å². The van der Waals surface area contributed by atoms with E-state index >= 15 is 0 Å². The van der Waals surface area contributed by atoms with E-state index in [0.717, 1.165) is 0 Å². The van der Waals surface area contributed by atoms with E-state index in [0.29, 0.717) is 0 Å². The molecule has 4 nitrogen and oxygen atoms in total. The van der Waals surface area contributed by atoms with Gasteiger partial charge in [0.05, 0.1) is 0 Å². The van der Waals surface area contributed by atoms with Crippen molar-refractivity contribution < 1.29 is 9.59 Å². The molecule has 0 saturated carbocycles. The zero-order valence-electron chi connectivity index (χ0n) is 8.30. The second-order valence-corrected chi connectivity index (χ2v) is 3.77. The third-order valence-electron chi connectivity index (χ3n) is 1.69. The number of hydrogen-bond acceptors (Lipinski definition) is 2. The molecule has 0 spiro atoms. The second kappa shape index (κ2) is 5.07. The highest BCUT2D eigenvalue weighted by Gasteiger charge is 2.17. The molecule has 0 aliphatic carbocycles. The van der Waals surface area contributed by atoms with Crippen LogP contribution >= 0.6 is 11.6 Å². The standard InChI is InChI=1S/C8H15ClN2O2/c1-5(2)11(4)8(13)10-7(12)6(3)9/h5-6H,1-4H3,(H,10,12,13). The minimum absolute atomic E-state index is 0.0541. The minimum atomic E-state index is -0.690. The quantitative estimate of drug-likeness (QED) is 0.690. The van der Waals surface area contributed by atoms with Crippen molar-refractivity contribution in [2.45, 2.75) is 32.2 Å².